The minimum absolute atomic E-state index is 0.168. The van der Waals surface area contributed by atoms with Crippen LogP contribution in [0.4, 0.5) is 0 Å². The molecule has 0 spiro atoms. The molecule has 1 N–H and O–H groups in total. The van der Waals surface area contributed by atoms with Gasteiger partial charge in [0.15, 0.2) is 0 Å². The van der Waals surface area contributed by atoms with Crippen LogP contribution in [0.15, 0.2) is 40.9 Å². The van der Waals surface area contributed by atoms with E-state index >= 15 is 0 Å². The summed E-state index contributed by atoms with van der Waals surface area (Å²) in [5.41, 5.74) is 2.12. The van der Waals surface area contributed by atoms with Gasteiger partial charge in [-0.3, -0.25) is 4.90 Å². The average Bonchev–Trinajstić information content (AvgIpc) is 2.82. The summed E-state index contributed by atoms with van der Waals surface area (Å²) in [5, 5.41) is 13.3. The largest absolute Gasteiger partial charge is 0.396 e. The fourth-order valence-corrected chi connectivity index (χ4v) is 2.30. The third-order valence-electron chi connectivity index (χ3n) is 3.21. The van der Waals surface area contributed by atoms with Gasteiger partial charge in [-0.05, 0) is 26.0 Å². The van der Waals surface area contributed by atoms with Crippen molar-refractivity contribution < 1.29 is 9.63 Å². The monoisotopic (exact) mass is 260 g/mol. The Balaban J connectivity index is 2.10. The SMILES string of the molecule is Cc1cc(CN(C)C(CCO)c2ccccc2)no1. The maximum atomic E-state index is 9.26. The van der Waals surface area contributed by atoms with E-state index in [1.807, 2.05) is 38.2 Å². The molecular weight excluding hydrogens is 240 g/mol. The lowest BCUT2D eigenvalue weighted by molar-refractivity contribution is 0.177. The first-order valence-electron chi connectivity index (χ1n) is 6.49. The standard InChI is InChI=1S/C15H20N2O2/c1-12-10-14(16-19-12)11-17(2)15(8-9-18)13-6-4-3-5-7-13/h3-7,10,15,18H,8-9,11H2,1-2H3. The van der Waals surface area contributed by atoms with E-state index in [0.717, 1.165) is 11.5 Å². The van der Waals surface area contributed by atoms with Gasteiger partial charge < -0.3 is 9.63 Å². The number of nitrogens with zero attached hydrogens (tertiary/aromatic N) is 2. The maximum absolute atomic E-state index is 9.26. The molecule has 19 heavy (non-hydrogen) atoms. The summed E-state index contributed by atoms with van der Waals surface area (Å²) in [6.45, 7) is 2.76. The van der Waals surface area contributed by atoms with Crippen LogP contribution in [-0.2, 0) is 6.54 Å². The second-order valence-corrected chi connectivity index (χ2v) is 4.78. The van der Waals surface area contributed by atoms with E-state index in [0.29, 0.717) is 13.0 Å². The van der Waals surface area contributed by atoms with Gasteiger partial charge in [0.05, 0.1) is 5.69 Å². The Kier molecular flexibility index (Phi) is 4.71. The number of rotatable bonds is 6. The van der Waals surface area contributed by atoms with Crippen LogP contribution in [0, 0.1) is 6.92 Å². The third-order valence-corrected chi connectivity index (χ3v) is 3.21. The van der Waals surface area contributed by atoms with Crippen molar-refractivity contribution in [1.82, 2.24) is 10.1 Å². The van der Waals surface area contributed by atoms with Crippen molar-refractivity contribution in [2.45, 2.75) is 25.9 Å². The van der Waals surface area contributed by atoms with Gasteiger partial charge in [-0.1, -0.05) is 35.5 Å². The number of aromatic nitrogens is 1. The molecule has 4 nitrogen and oxygen atoms in total. The molecule has 4 heteroatoms. The molecule has 0 radical (unpaired) electrons. The topological polar surface area (TPSA) is 49.5 Å². The molecule has 2 aromatic rings. The molecule has 0 saturated heterocycles. The molecule has 0 amide bonds. The maximum Gasteiger partial charge on any atom is 0.133 e. The van der Waals surface area contributed by atoms with Crippen molar-refractivity contribution in [2.75, 3.05) is 13.7 Å². The number of hydrogen-bond acceptors (Lipinski definition) is 4. The first-order chi connectivity index (χ1) is 9.20. The first kappa shape index (κ1) is 13.8. The first-order valence-corrected chi connectivity index (χ1v) is 6.49. The second kappa shape index (κ2) is 6.50. The normalized spacial score (nSPS) is 12.8. The Hall–Kier alpha value is -1.65. The molecule has 0 fully saturated rings. The number of aryl methyl sites for hydroxylation is 1. The van der Waals surface area contributed by atoms with Crippen LogP contribution < -0.4 is 0 Å². The van der Waals surface area contributed by atoms with Crippen LogP contribution >= 0.6 is 0 Å². The van der Waals surface area contributed by atoms with Gasteiger partial charge in [-0.2, -0.15) is 0 Å². The molecule has 0 aliphatic rings. The van der Waals surface area contributed by atoms with Crippen LogP contribution in [0.3, 0.4) is 0 Å². The minimum Gasteiger partial charge on any atom is -0.396 e. The third kappa shape index (κ3) is 3.66. The highest BCUT2D eigenvalue weighted by Gasteiger charge is 2.17. The molecular formula is C15H20N2O2. The van der Waals surface area contributed by atoms with Crippen LogP contribution in [0.5, 0.6) is 0 Å². The van der Waals surface area contributed by atoms with Gasteiger partial charge in [0.1, 0.15) is 5.76 Å². The Bertz CT molecular complexity index is 496. The fraction of sp³-hybridized carbons (Fsp3) is 0.400. The molecule has 0 bridgehead atoms. The van der Waals surface area contributed by atoms with Gasteiger partial charge in [-0.25, -0.2) is 0 Å². The predicted molar refractivity (Wildman–Crippen MR) is 73.6 cm³/mol. The number of benzene rings is 1. The number of hydrogen-bond donors (Lipinski definition) is 1. The molecule has 1 aromatic carbocycles. The molecule has 1 unspecified atom stereocenters. The highest BCUT2D eigenvalue weighted by atomic mass is 16.5. The summed E-state index contributed by atoms with van der Waals surface area (Å²) >= 11 is 0. The Morgan fingerprint density at radius 2 is 2.05 bits per heavy atom. The van der Waals surface area contributed by atoms with E-state index in [1.54, 1.807) is 0 Å². The van der Waals surface area contributed by atoms with Crippen molar-refractivity contribution in [3.63, 3.8) is 0 Å². The highest BCUT2D eigenvalue weighted by Crippen LogP contribution is 2.24. The van der Waals surface area contributed by atoms with E-state index in [-0.39, 0.29) is 12.6 Å². The van der Waals surface area contributed by atoms with E-state index < -0.39 is 0 Å². The molecule has 2 rings (SSSR count). The summed E-state index contributed by atoms with van der Waals surface area (Å²) < 4.78 is 5.08. The molecule has 0 aliphatic carbocycles. The minimum atomic E-state index is 0.168. The summed E-state index contributed by atoms with van der Waals surface area (Å²) in [5.74, 6) is 0.821. The van der Waals surface area contributed by atoms with E-state index in [1.165, 1.54) is 5.56 Å². The van der Waals surface area contributed by atoms with E-state index in [2.05, 4.69) is 22.2 Å². The Labute approximate surface area is 113 Å². The van der Waals surface area contributed by atoms with Crippen LogP contribution in [0.25, 0.3) is 0 Å². The Morgan fingerprint density at radius 3 is 2.63 bits per heavy atom. The number of aliphatic hydroxyl groups excluding tert-OH is 1. The summed E-state index contributed by atoms with van der Waals surface area (Å²) in [6, 6.07) is 12.3. The predicted octanol–water partition coefficient (Wildman–Crippen LogP) is 2.54. The average molecular weight is 260 g/mol. The lowest BCUT2D eigenvalue weighted by Crippen LogP contribution is -2.25. The van der Waals surface area contributed by atoms with Crippen LogP contribution in [-0.4, -0.2) is 28.8 Å². The summed E-state index contributed by atoms with van der Waals surface area (Å²) in [7, 11) is 2.04. The summed E-state index contributed by atoms with van der Waals surface area (Å²) in [6.07, 6.45) is 0.706. The molecule has 1 aromatic heterocycles. The molecule has 0 aliphatic heterocycles. The van der Waals surface area contributed by atoms with Crippen LogP contribution in [0.1, 0.15) is 29.5 Å². The summed E-state index contributed by atoms with van der Waals surface area (Å²) in [4.78, 5) is 2.18. The van der Waals surface area contributed by atoms with Gasteiger partial charge >= 0.3 is 0 Å². The lowest BCUT2D eigenvalue weighted by atomic mass is 10.0. The van der Waals surface area contributed by atoms with Crippen molar-refractivity contribution in [3.8, 4) is 0 Å². The molecule has 0 saturated carbocycles. The zero-order chi connectivity index (χ0) is 13.7. The highest BCUT2D eigenvalue weighted by molar-refractivity contribution is 5.19. The molecule has 1 heterocycles. The van der Waals surface area contributed by atoms with E-state index in [9.17, 15) is 5.11 Å². The fourth-order valence-electron chi connectivity index (χ4n) is 2.30. The van der Waals surface area contributed by atoms with Gasteiger partial charge in [-0.15, -0.1) is 0 Å². The number of aliphatic hydroxyl groups is 1. The second-order valence-electron chi connectivity index (χ2n) is 4.78. The van der Waals surface area contributed by atoms with Crippen molar-refractivity contribution >= 4 is 0 Å². The quantitative estimate of drug-likeness (QED) is 0.867. The zero-order valence-electron chi connectivity index (χ0n) is 11.4. The zero-order valence-corrected chi connectivity index (χ0v) is 11.4. The van der Waals surface area contributed by atoms with Crippen LogP contribution in [0.2, 0.25) is 0 Å². The smallest absolute Gasteiger partial charge is 0.133 e. The Morgan fingerprint density at radius 1 is 1.32 bits per heavy atom. The van der Waals surface area contributed by atoms with Crippen molar-refractivity contribution in [3.05, 3.63) is 53.4 Å². The van der Waals surface area contributed by atoms with E-state index in [4.69, 9.17) is 4.52 Å². The molecule has 1 atom stereocenters. The molecule has 102 valence electrons. The van der Waals surface area contributed by atoms with Gasteiger partial charge in [0, 0.05) is 25.3 Å². The lowest BCUT2D eigenvalue weighted by Gasteiger charge is -2.27. The van der Waals surface area contributed by atoms with Crippen molar-refractivity contribution in [2.24, 2.45) is 0 Å². The van der Waals surface area contributed by atoms with Crippen molar-refractivity contribution in [1.29, 1.82) is 0 Å². The van der Waals surface area contributed by atoms with Gasteiger partial charge in [0.2, 0.25) is 0 Å². The van der Waals surface area contributed by atoms with Gasteiger partial charge in [0.25, 0.3) is 0 Å².